The first-order chi connectivity index (χ1) is 14.4. The predicted molar refractivity (Wildman–Crippen MR) is 118 cm³/mol. The van der Waals surface area contributed by atoms with E-state index in [9.17, 15) is 9.59 Å². The molecular formula is C21H18BrN5O3. The SMILES string of the molecule is Cc1ccc(NC(=O)c2ccc(/C(N)=N/O)cc2)c(C(=O)Nc2ccc(Br)cn2)c1. The number of hydrogen-bond donors (Lipinski definition) is 4. The Kier molecular flexibility index (Phi) is 6.43. The summed E-state index contributed by atoms with van der Waals surface area (Å²) in [5.41, 5.74) is 7.90. The van der Waals surface area contributed by atoms with E-state index in [2.05, 4.69) is 36.7 Å². The summed E-state index contributed by atoms with van der Waals surface area (Å²) in [7, 11) is 0. The van der Waals surface area contributed by atoms with E-state index in [0.717, 1.165) is 10.0 Å². The van der Waals surface area contributed by atoms with Crippen molar-refractivity contribution in [2.45, 2.75) is 6.92 Å². The van der Waals surface area contributed by atoms with Crippen LogP contribution < -0.4 is 16.4 Å². The molecule has 1 aromatic heterocycles. The number of oxime groups is 1. The Hall–Kier alpha value is -3.72. The number of carbonyl (C=O) groups is 2. The molecule has 0 aliphatic rings. The van der Waals surface area contributed by atoms with Gasteiger partial charge in [0.15, 0.2) is 5.84 Å². The number of benzene rings is 2. The van der Waals surface area contributed by atoms with Crippen molar-refractivity contribution in [2.75, 3.05) is 10.6 Å². The van der Waals surface area contributed by atoms with Crippen LogP contribution in [-0.2, 0) is 0 Å². The maximum Gasteiger partial charge on any atom is 0.258 e. The number of pyridine rings is 1. The zero-order chi connectivity index (χ0) is 21.7. The lowest BCUT2D eigenvalue weighted by molar-refractivity contribution is 0.102. The molecule has 0 saturated heterocycles. The third kappa shape index (κ3) is 5.00. The smallest absolute Gasteiger partial charge is 0.258 e. The molecule has 9 heteroatoms. The highest BCUT2D eigenvalue weighted by molar-refractivity contribution is 9.10. The Bertz CT molecular complexity index is 1110. The van der Waals surface area contributed by atoms with Crippen LogP contribution in [-0.4, -0.2) is 27.8 Å². The van der Waals surface area contributed by atoms with Crippen LogP contribution >= 0.6 is 15.9 Å². The van der Waals surface area contributed by atoms with E-state index in [-0.39, 0.29) is 5.84 Å². The van der Waals surface area contributed by atoms with Gasteiger partial charge >= 0.3 is 0 Å². The first-order valence-corrected chi connectivity index (χ1v) is 9.59. The van der Waals surface area contributed by atoms with Crippen molar-refractivity contribution in [1.82, 2.24) is 4.98 Å². The number of aromatic nitrogens is 1. The molecule has 2 aromatic carbocycles. The lowest BCUT2D eigenvalue weighted by Gasteiger charge is -2.12. The number of hydrogen-bond acceptors (Lipinski definition) is 5. The summed E-state index contributed by atoms with van der Waals surface area (Å²) in [6, 6.07) is 14.8. The lowest BCUT2D eigenvalue weighted by atomic mass is 10.1. The van der Waals surface area contributed by atoms with Gasteiger partial charge in [-0.25, -0.2) is 4.98 Å². The quantitative estimate of drug-likeness (QED) is 0.196. The maximum atomic E-state index is 12.8. The number of nitrogens with two attached hydrogens (primary N) is 1. The van der Waals surface area contributed by atoms with Gasteiger partial charge in [0.05, 0.1) is 11.3 Å². The van der Waals surface area contributed by atoms with E-state index < -0.39 is 11.8 Å². The minimum Gasteiger partial charge on any atom is -0.409 e. The molecule has 0 spiro atoms. The summed E-state index contributed by atoms with van der Waals surface area (Å²) < 4.78 is 0.794. The number of aryl methyl sites for hydroxylation is 1. The van der Waals surface area contributed by atoms with Gasteiger partial charge in [-0.2, -0.15) is 0 Å². The summed E-state index contributed by atoms with van der Waals surface area (Å²) in [6.07, 6.45) is 1.58. The number of nitrogens with zero attached hydrogens (tertiary/aromatic N) is 2. The van der Waals surface area contributed by atoms with Crippen molar-refractivity contribution in [3.05, 3.63) is 87.5 Å². The molecule has 5 N–H and O–H groups in total. The van der Waals surface area contributed by atoms with Gasteiger partial charge < -0.3 is 21.6 Å². The third-order valence-corrected chi connectivity index (χ3v) is 4.66. The zero-order valence-electron chi connectivity index (χ0n) is 15.9. The van der Waals surface area contributed by atoms with Crippen LogP contribution in [0.5, 0.6) is 0 Å². The predicted octanol–water partition coefficient (Wildman–Crippen LogP) is 3.75. The van der Waals surface area contributed by atoms with Crippen molar-refractivity contribution in [2.24, 2.45) is 10.9 Å². The average molecular weight is 468 g/mol. The molecule has 3 rings (SSSR count). The second kappa shape index (κ2) is 9.19. The van der Waals surface area contributed by atoms with Crippen molar-refractivity contribution >= 4 is 45.1 Å². The van der Waals surface area contributed by atoms with Gasteiger partial charge in [0.25, 0.3) is 11.8 Å². The molecule has 1 heterocycles. The highest BCUT2D eigenvalue weighted by atomic mass is 79.9. The molecule has 0 saturated carbocycles. The number of carbonyl (C=O) groups excluding carboxylic acids is 2. The largest absolute Gasteiger partial charge is 0.409 e. The first-order valence-electron chi connectivity index (χ1n) is 8.80. The average Bonchev–Trinajstić information content (AvgIpc) is 2.76. The number of amidine groups is 1. The van der Waals surface area contributed by atoms with Crippen LogP contribution in [0.25, 0.3) is 0 Å². The Morgan fingerprint density at radius 1 is 1.00 bits per heavy atom. The highest BCUT2D eigenvalue weighted by Gasteiger charge is 2.16. The first kappa shape index (κ1) is 21.0. The van der Waals surface area contributed by atoms with Crippen LogP contribution in [0.3, 0.4) is 0 Å². The van der Waals surface area contributed by atoms with Crippen LogP contribution in [0.15, 0.2) is 70.4 Å². The van der Waals surface area contributed by atoms with Gasteiger partial charge in [0.2, 0.25) is 0 Å². The summed E-state index contributed by atoms with van der Waals surface area (Å²) in [5, 5.41) is 17.1. The van der Waals surface area contributed by atoms with E-state index in [1.54, 1.807) is 60.8 Å². The molecule has 0 aliphatic carbocycles. The summed E-state index contributed by atoms with van der Waals surface area (Å²) in [6.45, 7) is 1.85. The van der Waals surface area contributed by atoms with Gasteiger partial charge in [-0.3, -0.25) is 9.59 Å². The van der Waals surface area contributed by atoms with Crippen molar-refractivity contribution in [1.29, 1.82) is 0 Å². The molecule has 0 aliphatic heterocycles. The van der Waals surface area contributed by atoms with Crippen LogP contribution in [0.2, 0.25) is 0 Å². The van der Waals surface area contributed by atoms with Gasteiger partial charge in [0.1, 0.15) is 5.82 Å². The van der Waals surface area contributed by atoms with E-state index in [1.807, 2.05) is 6.92 Å². The number of amides is 2. The molecular weight excluding hydrogens is 450 g/mol. The summed E-state index contributed by atoms with van der Waals surface area (Å²) in [4.78, 5) is 29.6. The third-order valence-electron chi connectivity index (χ3n) is 4.19. The fraction of sp³-hybridized carbons (Fsp3) is 0.0476. The Balaban J connectivity index is 1.81. The molecule has 3 aromatic rings. The highest BCUT2D eigenvalue weighted by Crippen LogP contribution is 2.20. The molecule has 0 atom stereocenters. The van der Waals surface area contributed by atoms with Crippen LogP contribution in [0, 0.1) is 6.92 Å². The molecule has 152 valence electrons. The minimum absolute atomic E-state index is 0.0546. The van der Waals surface area contributed by atoms with Gasteiger partial charge in [-0.15, -0.1) is 0 Å². The molecule has 0 unspecified atom stereocenters. The summed E-state index contributed by atoms with van der Waals surface area (Å²) in [5.74, 6) is -0.464. The Morgan fingerprint density at radius 3 is 2.33 bits per heavy atom. The van der Waals surface area contributed by atoms with Crippen LogP contribution in [0.1, 0.15) is 31.8 Å². The zero-order valence-corrected chi connectivity index (χ0v) is 17.5. The maximum absolute atomic E-state index is 12.8. The number of rotatable bonds is 5. The van der Waals surface area contributed by atoms with Gasteiger partial charge in [-0.05, 0) is 59.3 Å². The van der Waals surface area contributed by atoms with E-state index in [4.69, 9.17) is 10.9 Å². The van der Waals surface area contributed by atoms with Gasteiger partial charge in [-0.1, -0.05) is 28.9 Å². The topological polar surface area (TPSA) is 130 Å². The van der Waals surface area contributed by atoms with Crippen molar-refractivity contribution in [3.8, 4) is 0 Å². The second-order valence-electron chi connectivity index (χ2n) is 6.38. The fourth-order valence-electron chi connectivity index (χ4n) is 2.63. The standard InChI is InChI=1S/C21H18BrN5O3/c1-12-2-8-17(16(10-12)21(29)26-18-9-7-15(22)11-24-18)25-20(28)14-5-3-13(4-6-14)19(23)27-30/h2-11,30H,1H3,(H2,23,27)(H,25,28)(H,24,26,29). The molecule has 8 nitrogen and oxygen atoms in total. The normalized spacial score (nSPS) is 11.1. The Labute approximate surface area is 180 Å². The monoisotopic (exact) mass is 467 g/mol. The molecule has 30 heavy (non-hydrogen) atoms. The Morgan fingerprint density at radius 2 is 1.70 bits per heavy atom. The lowest BCUT2D eigenvalue weighted by Crippen LogP contribution is -2.19. The summed E-state index contributed by atoms with van der Waals surface area (Å²) >= 11 is 3.29. The number of anilines is 2. The van der Waals surface area contributed by atoms with E-state index in [0.29, 0.717) is 28.2 Å². The van der Waals surface area contributed by atoms with E-state index >= 15 is 0 Å². The number of halogens is 1. The molecule has 0 radical (unpaired) electrons. The van der Waals surface area contributed by atoms with Crippen LogP contribution in [0.4, 0.5) is 11.5 Å². The molecule has 0 fully saturated rings. The van der Waals surface area contributed by atoms with Crippen molar-refractivity contribution in [3.63, 3.8) is 0 Å². The number of nitrogens with one attached hydrogen (secondary N) is 2. The van der Waals surface area contributed by atoms with E-state index in [1.165, 1.54) is 0 Å². The second-order valence-corrected chi connectivity index (χ2v) is 7.30. The molecule has 2 amide bonds. The fourth-order valence-corrected chi connectivity index (χ4v) is 2.87. The minimum atomic E-state index is -0.402. The molecule has 0 bridgehead atoms. The van der Waals surface area contributed by atoms with Gasteiger partial charge in [0, 0.05) is 21.8 Å². The van der Waals surface area contributed by atoms with Crippen molar-refractivity contribution < 1.29 is 14.8 Å².